The van der Waals surface area contributed by atoms with E-state index >= 15 is 0 Å². The first-order valence-electron chi connectivity index (χ1n) is 6.87. The molecule has 0 spiro atoms. The molecule has 0 aliphatic heterocycles. The van der Waals surface area contributed by atoms with Gasteiger partial charge in [-0.15, -0.1) is 0 Å². The molecule has 0 radical (unpaired) electrons. The van der Waals surface area contributed by atoms with Crippen molar-refractivity contribution in [1.82, 2.24) is 4.90 Å². The van der Waals surface area contributed by atoms with Crippen molar-refractivity contribution in [2.24, 2.45) is 0 Å². The van der Waals surface area contributed by atoms with Crippen LogP contribution < -0.4 is 0 Å². The number of carbonyl (C=O) groups is 1. The predicted molar refractivity (Wildman–Crippen MR) is 77.0 cm³/mol. The van der Waals surface area contributed by atoms with E-state index in [4.69, 9.17) is 0 Å². The summed E-state index contributed by atoms with van der Waals surface area (Å²) >= 11 is 0. The van der Waals surface area contributed by atoms with Crippen LogP contribution in [0.25, 0.3) is 0 Å². The molecule has 0 aromatic heterocycles. The molecular formula is C16H25NO. The lowest BCUT2D eigenvalue weighted by Gasteiger charge is -2.17. The molecule has 0 fully saturated rings. The Labute approximate surface area is 111 Å². The average molecular weight is 247 g/mol. The van der Waals surface area contributed by atoms with Crippen LogP contribution in [0, 0.1) is 13.8 Å². The summed E-state index contributed by atoms with van der Waals surface area (Å²) in [4.78, 5) is 14.3. The van der Waals surface area contributed by atoms with Crippen molar-refractivity contribution >= 4 is 5.78 Å². The maximum Gasteiger partial charge on any atom is 0.138 e. The zero-order valence-electron chi connectivity index (χ0n) is 12.1. The molecule has 0 N–H and O–H groups in total. The van der Waals surface area contributed by atoms with Crippen molar-refractivity contribution in [2.75, 3.05) is 19.6 Å². The lowest BCUT2D eigenvalue weighted by molar-refractivity contribution is -0.118. The van der Waals surface area contributed by atoms with Crippen LogP contribution in [0.2, 0.25) is 0 Å². The average Bonchev–Trinajstić information content (AvgIpc) is 2.35. The van der Waals surface area contributed by atoms with E-state index in [0.717, 1.165) is 19.6 Å². The lowest BCUT2D eigenvalue weighted by atomic mass is 9.97. The van der Waals surface area contributed by atoms with Gasteiger partial charge in [0, 0.05) is 19.4 Å². The highest BCUT2D eigenvalue weighted by Gasteiger charge is 2.09. The molecule has 0 aliphatic rings. The van der Waals surface area contributed by atoms with E-state index < -0.39 is 0 Å². The summed E-state index contributed by atoms with van der Waals surface area (Å²) in [5.41, 5.74) is 3.67. The molecule has 2 nitrogen and oxygen atoms in total. The Morgan fingerprint density at radius 3 is 2.17 bits per heavy atom. The van der Waals surface area contributed by atoms with E-state index in [0.29, 0.717) is 18.6 Å². The number of benzene rings is 1. The fourth-order valence-electron chi connectivity index (χ4n) is 2.24. The Morgan fingerprint density at radius 2 is 1.67 bits per heavy atom. The molecule has 0 amide bonds. The van der Waals surface area contributed by atoms with Gasteiger partial charge in [-0.25, -0.2) is 0 Å². The van der Waals surface area contributed by atoms with Crippen LogP contribution in [-0.2, 0) is 11.2 Å². The molecule has 2 heteroatoms. The number of hydrogen-bond acceptors (Lipinski definition) is 2. The van der Waals surface area contributed by atoms with E-state index in [1.807, 2.05) is 0 Å². The Balaban J connectivity index is 2.55. The van der Waals surface area contributed by atoms with E-state index in [1.165, 1.54) is 16.7 Å². The predicted octanol–water partition coefficient (Wildman–Crippen LogP) is 3.15. The second-order valence-corrected chi connectivity index (χ2v) is 4.86. The first kappa shape index (κ1) is 14.9. The van der Waals surface area contributed by atoms with Crippen molar-refractivity contribution in [3.05, 3.63) is 34.9 Å². The minimum absolute atomic E-state index is 0.347. The van der Waals surface area contributed by atoms with Gasteiger partial charge in [0.25, 0.3) is 0 Å². The summed E-state index contributed by atoms with van der Waals surface area (Å²) in [5.74, 6) is 0.347. The molecule has 0 atom stereocenters. The summed E-state index contributed by atoms with van der Waals surface area (Å²) < 4.78 is 0. The second kappa shape index (κ2) is 7.32. The van der Waals surface area contributed by atoms with Crippen LogP contribution in [-0.4, -0.2) is 30.3 Å². The van der Waals surface area contributed by atoms with Crippen LogP contribution in [0.15, 0.2) is 18.2 Å². The molecular weight excluding hydrogens is 222 g/mol. The molecule has 0 aliphatic carbocycles. The molecule has 0 saturated heterocycles. The van der Waals surface area contributed by atoms with Crippen LogP contribution in [0.5, 0.6) is 0 Å². The largest absolute Gasteiger partial charge is 0.303 e. The SMILES string of the molecule is CCN(CC)CCC(=O)Cc1c(C)cccc1C. The molecule has 1 aromatic rings. The molecule has 0 bridgehead atoms. The van der Waals surface area contributed by atoms with Gasteiger partial charge in [-0.2, -0.15) is 0 Å². The topological polar surface area (TPSA) is 20.3 Å². The molecule has 100 valence electrons. The number of carbonyl (C=O) groups excluding carboxylic acids is 1. The van der Waals surface area contributed by atoms with Crippen molar-refractivity contribution in [3.63, 3.8) is 0 Å². The highest BCUT2D eigenvalue weighted by Crippen LogP contribution is 2.14. The summed E-state index contributed by atoms with van der Waals surface area (Å²) in [6.07, 6.45) is 1.25. The maximum absolute atomic E-state index is 12.0. The van der Waals surface area contributed by atoms with Gasteiger partial charge < -0.3 is 4.90 Å². The number of nitrogens with zero attached hydrogens (tertiary/aromatic N) is 1. The van der Waals surface area contributed by atoms with Gasteiger partial charge in [-0.3, -0.25) is 4.79 Å². The summed E-state index contributed by atoms with van der Waals surface area (Å²) in [6.45, 7) is 11.4. The molecule has 0 saturated carbocycles. The fourth-order valence-corrected chi connectivity index (χ4v) is 2.24. The molecule has 18 heavy (non-hydrogen) atoms. The van der Waals surface area contributed by atoms with Gasteiger partial charge in [-0.1, -0.05) is 32.0 Å². The fraction of sp³-hybridized carbons (Fsp3) is 0.562. The number of rotatable bonds is 7. The Kier molecular flexibility index (Phi) is 6.06. The third kappa shape index (κ3) is 4.26. The number of hydrogen-bond donors (Lipinski definition) is 0. The number of ketones is 1. The van der Waals surface area contributed by atoms with Crippen molar-refractivity contribution in [1.29, 1.82) is 0 Å². The smallest absolute Gasteiger partial charge is 0.138 e. The van der Waals surface area contributed by atoms with E-state index in [-0.39, 0.29) is 0 Å². The monoisotopic (exact) mass is 247 g/mol. The number of aryl methyl sites for hydroxylation is 2. The summed E-state index contributed by atoms with van der Waals surface area (Å²) in [7, 11) is 0. The zero-order valence-corrected chi connectivity index (χ0v) is 12.1. The standard InChI is InChI=1S/C16H25NO/c1-5-17(6-2)11-10-15(18)12-16-13(3)8-7-9-14(16)4/h7-9H,5-6,10-12H2,1-4H3. The highest BCUT2D eigenvalue weighted by atomic mass is 16.1. The van der Waals surface area contributed by atoms with E-state index in [1.54, 1.807) is 0 Å². The first-order chi connectivity index (χ1) is 8.58. The normalized spacial score (nSPS) is 10.9. The van der Waals surface area contributed by atoms with Crippen molar-refractivity contribution < 1.29 is 4.79 Å². The van der Waals surface area contributed by atoms with Crippen molar-refractivity contribution in [2.45, 2.75) is 40.5 Å². The van der Waals surface area contributed by atoms with Gasteiger partial charge in [-0.05, 0) is 43.6 Å². The van der Waals surface area contributed by atoms with Gasteiger partial charge >= 0.3 is 0 Å². The minimum atomic E-state index is 0.347. The van der Waals surface area contributed by atoms with Gasteiger partial charge in [0.15, 0.2) is 0 Å². The van der Waals surface area contributed by atoms with Crippen LogP contribution in [0.1, 0.15) is 37.0 Å². The summed E-state index contributed by atoms with van der Waals surface area (Å²) in [6, 6.07) is 6.22. The van der Waals surface area contributed by atoms with E-state index in [9.17, 15) is 4.79 Å². The summed E-state index contributed by atoms with van der Waals surface area (Å²) in [5, 5.41) is 0. The molecule has 1 rings (SSSR count). The Morgan fingerprint density at radius 1 is 1.11 bits per heavy atom. The first-order valence-corrected chi connectivity index (χ1v) is 6.87. The quantitative estimate of drug-likeness (QED) is 0.737. The lowest BCUT2D eigenvalue weighted by Crippen LogP contribution is -2.26. The number of Topliss-reactive ketones (excluding diaryl/α,β-unsaturated/α-hetero) is 1. The van der Waals surface area contributed by atoms with Crippen LogP contribution in [0.4, 0.5) is 0 Å². The van der Waals surface area contributed by atoms with Gasteiger partial charge in [0.2, 0.25) is 0 Å². The Hall–Kier alpha value is -1.15. The van der Waals surface area contributed by atoms with E-state index in [2.05, 4.69) is 50.8 Å². The maximum atomic E-state index is 12.0. The van der Waals surface area contributed by atoms with Gasteiger partial charge in [0.05, 0.1) is 0 Å². The highest BCUT2D eigenvalue weighted by molar-refractivity contribution is 5.81. The Bertz CT molecular complexity index is 374. The zero-order chi connectivity index (χ0) is 13.5. The molecule has 0 heterocycles. The van der Waals surface area contributed by atoms with Crippen LogP contribution in [0.3, 0.4) is 0 Å². The van der Waals surface area contributed by atoms with Crippen molar-refractivity contribution in [3.8, 4) is 0 Å². The third-order valence-corrected chi connectivity index (χ3v) is 3.62. The second-order valence-electron chi connectivity index (χ2n) is 4.86. The van der Waals surface area contributed by atoms with Gasteiger partial charge in [0.1, 0.15) is 5.78 Å². The minimum Gasteiger partial charge on any atom is -0.303 e. The molecule has 1 aromatic carbocycles. The third-order valence-electron chi connectivity index (χ3n) is 3.62. The van der Waals surface area contributed by atoms with Crippen LogP contribution >= 0.6 is 0 Å². The molecule has 0 unspecified atom stereocenters.